The van der Waals surface area contributed by atoms with Gasteiger partial charge < -0.3 is 4.90 Å². The molecule has 0 spiro atoms. The summed E-state index contributed by atoms with van der Waals surface area (Å²) in [7, 11) is 0. The van der Waals surface area contributed by atoms with Gasteiger partial charge in [0, 0.05) is 18.7 Å². The van der Waals surface area contributed by atoms with Gasteiger partial charge in [-0.2, -0.15) is 5.10 Å². The molecular formula is C21H22F2N4O. The molecule has 0 saturated carbocycles. The molecule has 1 aromatic carbocycles. The van der Waals surface area contributed by atoms with Gasteiger partial charge in [0.15, 0.2) is 5.65 Å². The monoisotopic (exact) mass is 384 g/mol. The summed E-state index contributed by atoms with van der Waals surface area (Å²) in [5.41, 5.74) is 2.37. The van der Waals surface area contributed by atoms with Gasteiger partial charge in [-0.15, -0.1) is 0 Å². The number of fused-ring (bicyclic) bond motifs is 1. The maximum atomic E-state index is 13.7. The minimum absolute atomic E-state index is 0.177. The second-order valence-corrected chi connectivity index (χ2v) is 7.53. The van der Waals surface area contributed by atoms with Gasteiger partial charge in [-0.1, -0.05) is 36.8 Å². The van der Waals surface area contributed by atoms with E-state index < -0.39 is 6.43 Å². The molecule has 5 nitrogen and oxygen atoms in total. The van der Waals surface area contributed by atoms with Gasteiger partial charge in [0.05, 0.1) is 11.9 Å². The van der Waals surface area contributed by atoms with Crippen LogP contribution in [-0.2, 0) is 0 Å². The third kappa shape index (κ3) is 3.37. The van der Waals surface area contributed by atoms with E-state index in [9.17, 15) is 13.6 Å². The summed E-state index contributed by atoms with van der Waals surface area (Å²) in [5.74, 6) is 0.225. The van der Waals surface area contributed by atoms with E-state index in [4.69, 9.17) is 0 Å². The largest absolute Gasteiger partial charge is 0.338 e. The van der Waals surface area contributed by atoms with Crippen LogP contribution >= 0.6 is 0 Å². The Morgan fingerprint density at radius 2 is 2.00 bits per heavy atom. The molecule has 1 aliphatic rings. The number of hydrogen-bond acceptors (Lipinski definition) is 3. The van der Waals surface area contributed by atoms with Crippen LogP contribution in [0.25, 0.3) is 16.9 Å². The highest BCUT2D eigenvalue weighted by Crippen LogP contribution is 2.28. The van der Waals surface area contributed by atoms with Crippen molar-refractivity contribution < 1.29 is 13.6 Å². The molecule has 1 atom stereocenters. The van der Waals surface area contributed by atoms with Crippen molar-refractivity contribution in [3.05, 3.63) is 53.3 Å². The molecule has 0 unspecified atom stereocenters. The van der Waals surface area contributed by atoms with Crippen molar-refractivity contribution in [2.45, 2.75) is 33.1 Å². The van der Waals surface area contributed by atoms with E-state index in [1.165, 1.54) is 12.3 Å². The van der Waals surface area contributed by atoms with Crippen LogP contribution in [0, 0.1) is 12.8 Å². The van der Waals surface area contributed by atoms with Crippen LogP contribution in [0.1, 0.15) is 47.8 Å². The number of carbonyl (C=O) groups excluding carboxylic acids is 1. The van der Waals surface area contributed by atoms with Crippen molar-refractivity contribution in [3.8, 4) is 11.3 Å². The average Bonchev–Trinajstić information content (AvgIpc) is 3.11. The molecule has 28 heavy (non-hydrogen) atoms. The quantitative estimate of drug-likeness (QED) is 0.667. The third-order valence-corrected chi connectivity index (χ3v) is 5.24. The fourth-order valence-electron chi connectivity index (χ4n) is 3.71. The molecule has 7 heteroatoms. The van der Waals surface area contributed by atoms with Crippen LogP contribution in [-0.4, -0.2) is 38.5 Å². The lowest BCUT2D eigenvalue weighted by Gasteiger charge is -2.30. The number of piperidine rings is 1. The van der Waals surface area contributed by atoms with E-state index in [1.807, 2.05) is 31.2 Å². The highest BCUT2D eigenvalue weighted by atomic mass is 19.3. The molecule has 1 amide bonds. The highest BCUT2D eigenvalue weighted by Gasteiger charge is 2.27. The van der Waals surface area contributed by atoms with E-state index in [2.05, 4.69) is 17.0 Å². The first-order valence-electron chi connectivity index (χ1n) is 9.47. The number of carbonyl (C=O) groups is 1. The molecule has 0 bridgehead atoms. The van der Waals surface area contributed by atoms with E-state index in [0.29, 0.717) is 24.7 Å². The summed E-state index contributed by atoms with van der Waals surface area (Å²) in [4.78, 5) is 19.3. The molecule has 0 radical (unpaired) electrons. The molecule has 0 aliphatic carbocycles. The molecule has 0 N–H and O–H groups in total. The molecule has 3 heterocycles. The molecule has 1 aliphatic heterocycles. The van der Waals surface area contributed by atoms with Crippen molar-refractivity contribution in [3.63, 3.8) is 0 Å². The average molecular weight is 384 g/mol. The van der Waals surface area contributed by atoms with Crippen molar-refractivity contribution in [1.29, 1.82) is 0 Å². The first kappa shape index (κ1) is 18.5. The normalized spacial score (nSPS) is 17.5. The maximum absolute atomic E-state index is 13.7. The number of likely N-dealkylation sites (tertiary alicyclic amines) is 1. The lowest BCUT2D eigenvalue weighted by Crippen LogP contribution is -2.39. The number of amides is 1. The van der Waals surface area contributed by atoms with Crippen LogP contribution in [0.4, 0.5) is 8.78 Å². The zero-order valence-electron chi connectivity index (χ0n) is 15.9. The smallest absolute Gasteiger partial charge is 0.280 e. The van der Waals surface area contributed by atoms with E-state index in [-0.39, 0.29) is 22.8 Å². The van der Waals surface area contributed by atoms with Crippen molar-refractivity contribution in [1.82, 2.24) is 19.5 Å². The van der Waals surface area contributed by atoms with Crippen LogP contribution in [0.15, 0.2) is 36.5 Å². The Bertz CT molecular complexity index is 1010. The van der Waals surface area contributed by atoms with Gasteiger partial charge in [-0.3, -0.25) is 4.79 Å². The summed E-state index contributed by atoms with van der Waals surface area (Å²) >= 11 is 0. The van der Waals surface area contributed by atoms with Crippen LogP contribution in [0.2, 0.25) is 0 Å². The zero-order valence-corrected chi connectivity index (χ0v) is 15.9. The maximum Gasteiger partial charge on any atom is 0.280 e. The van der Waals surface area contributed by atoms with Crippen molar-refractivity contribution in [2.24, 2.45) is 5.92 Å². The molecule has 1 fully saturated rings. The van der Waals surface area contributed by atoms with E-state index >= 15 is 0 Å². The molecule has 2 aromatic heterocycles. The van der Waals surface area contributed by atoms with Crippen LogP contribution in [0.3, 0.4) is 0 Å². The number of nitrogens with zero attached hydrogens (tertiary/aromatic N) is 4. The highest BCUT2D eigenvalue weighted by molar-refractivity contribution is 6.00. The zero-order chi connectivity index (χ0) is 19.8. The Morgan fingerprint density at radius 3 is 2.68 bits per heavy atom. The van der Waals surface area contributed by atoms with Crippen molar-refractivity contribution >= 4 is 11.6 Å². The number of hydrogen-bond donors (Lipinski definition) is 0. The summed E-state index contributed by atoms with van der Waals surface area (Å²) in [6.07, 6.45) is 0.655. The van der Waals surface area contributed by atoms with Gasteiger partial charge in [0.1, 0.15) is 11.3 Å². The topological polar surface area (TPSA) is 50.5 Å². The molecular weight excluding hydrogens is 362 g/mol. The van der Waals surface area contributed by atoms with Gasteiger partial charge in [-0.05, 0) is 31.7 Å². The lowest BCUT2D eigenvalue weighted by molar-refractivity contribution is 0.0684. The second kappa shape index (κ2) is 7.30. The fraction of sp³-hybridized carbons (Fsp3) is 0.381. The lowest BCUT2D eigenvalue weighted by atomic mass is 10.00. The Hall–Kier alpha value is -2.83. The minimum Gasteiger partial charge on any atom is -0.338 e. The molecule has 1 saturated heterocycles. The van der Waals surface area contributed by atoms with Gasteiger partial charge in [-0.25, -0.2) is 18.3 Å². The standard InChI is InChI=1S/C21H22F2N4O/c1-13-5-7-15(8-6-13)17-10-18(19(22)23)27-20(25-17)16(11-24-27)21(28)26-9-3-4-14(2)12-26/h5-8,10-11,14,19H,3-4,9,12H2,1-2H3/t14-/m0/s1. The summed E-state index contributed by atoms with van der Waals surface area (Å²) < 4.78 is 28.5. The van der Waals surface area contributed by atoms with Gasteiger partial charge in [0.25, 0.3) is 12.3 Å². The minimum atomic E-state index is -2.73. The fourth-order valence-corrected chi connectivity index (χ4v) is 3.71. The number of benzene rings is 1. The molecule has 4 rings (SSSR count). The second-order valence-electron chi connectivity index (χ2n) is 7.53. The number of halogens is 2. The molecule has 3 aromatic rings. The van der Waals surface area contributed by atoms with Crippen LogP contribution < -0.4 is 0 Å². The van der Waals surface area contributed by atoms with E-state index in [1.54, 1.807) is 4.90 Å². The van der Waals surface area contributed by atoms with Crippen molar-refractivity contribution in [2.75, 3.05) is 13.1 Å². The predicted molar refractivity (Wildman–Crippen MR) is 102 cm³/mol. The first-order chi connectivity index (χ1) is 13.4. The molecule has 146 valence electrons. The van der Waals surface area contributed by atoms with Gasteiger partial charge >= 0.3 is 0 Å². The van der Waals surface area contributed by atoms with Gasteiger partial charge in [0.2, 0.25) is 0 Å². The summed E-state index contributed by atoms with van der Waals surface area (Å²) in [5, 5.41) is 4.05. The number of aromatic nitrogens is 3. The number of rotatable bonds is 3. The Kier molecular flexibility index (Phi) is 4.83. The first-order valence-corrected chi connectivity index (χ1v) is 9.47. The van der Waals surface area contributed by atoms with E-state index in [0.717, 1.165) is 28.5 Å². The Balaban J connectivity index is 1.82. The summed E-state index contributed by atoms with van der Waals surface area (Å²) in [6.45, 7) is 5.39. The predicted octanol–water partition coefficient (Wildman–Crippen LogP) is 4.51. The number of aryl methyl sites for hydroxylation is 1. The Morgan fingerprint density at radius 1 is 1.25 bits per heavy atom. The van der Waals surface area contributed by atoms with Crippen LogP contribution in [0.5, 0.6) is 0 Å². The SMILES string of the molecule is Cc1ccc(-c2cc(C(F)F)n3ncc(C(=O)N4CCC[C@H](C)C4)c3n2)cc1. The third-order valence-electron chi connectivity index (χ3n) is 5.24. The number of alkyl halides is 2. The Labute approximate surface area is 162 Å². The summed E-state index contributed by atoms with van der Waals surface area (Å²) in [6, 6.07) is 8.83.